The normalized spacial score (nSPS) is 21.5. The number of rotatable bonds is 3. The van der Waals surface area contributed by atoms with Gasteiger partial charge in [0, 0.05) is 0 Å². The van der Waals surface area contributed by atoms with Crippen molar-refractivity contribution in [2.24, 2.45) is 0 Å². The molecule has 0 nitrogen and oxygen atoms in total. The second-order valence-electron chi connectivity index (χ2n) is 6.10. The maximum atomic E-state index is 2.39. The molecule has 0 spiro atoms. The van der Waals surface area contributed by atoms with Crippen LogP contribution in [-0.2, 0) is 0 Å². The molecule has 0 aromatic carbocycles. The second kappa shape index (κ2) is 10.0. The molecule has 0 N–H and O–H groups in total. The zero-order valence-corrected chi connectivity index (χ0v) is 12.3. The van der Waals surface area contributed by atoms with E-state index >= 15 is 0 Å². The molecule has 1 saturated carbocycles. The summed E-state index contributed by atoms with van der Waals surface area (Å²) in [5, 5.41) is 0. The lowest BCUT2D eigenvalue weighted by Gasteiger charge is -2.23. The maximum absolute atomic E-state index is 2.39. The van der Waals surface area contributed by atoms with E-state index in [1.165, 1.54) is 83.3 Å². The molecule has 0 radical (unpaired) electrons. The first kappa shape index (κ1) is 15.1. The molecule has 0 amide bonds. The van der Waals surface area contributed by atoms with Crippen LogP contribution in [0, 0.1) is 0 Å². The minimum absolute atomic E-state index is 1.01. The quantitative estimate of drug-likeness (QED) is 0.512. The lowest BCUT2D eigenvalue weighted by Crippen LogP contribution is -2.19. The van der Waals surface area contributed by atoms with Gasteiger partial charge in [0.1, 0.15) is 6.71 Å². The molecule has 0 bridgehead atoms. The molecule has 1 aliphatic carbocycles. The van der Waals surface area contributed by atoms with E-state index in [0.29, 0.717) is 0 Å². The third kappa shape index (κ3) is 6.53. The number of hydrogen-bond acceptors (Lipinski definition) is 0. The van der Waals surface area contributed by atoms with Gasteiger partial charge in [0.15, 0.2) is 0 Å². The van der Waals surface area contributed by atoms with E-state index < -0.39 is 0 Å². The third-order valence-electron chi connectivity index (χ3n) is 4.87. The Morgan fingerprint density at radius 3 is 1.35 bits per heavy atom. The first-order valence-corrected chi connectivity index (χ1v) is 8.38. The molecule has 1 rings (SSSR count). The highest BCUT2D eigenvalue weighted by Crippen LogP contribution is 2.30. The van der Waals surface area contributed by atoms with Gasteiger partial charge in [-0.15, -0.1) is 0 Å². The topological polar surface area (TPSA) is 0 Å². The zero-order valence-electron chi connectivity index (χ0n) is 12.3. The van der Waals surface area contributed by atoms with Crippen molar-refractivity contribution in [2.75, 3.05) is 0 Å². The summed E-state index contributed by atoms with van der Waals surface area (Å²) in [6.07, 6.45) is 19.3. The van der Waals surface area contributed by atoms with Gasteiger partial charge in [-0.05, 0) is 0 Å². The van der Waals surface area contributed by atoms with Crippen LogP contribution in [0.4, 0.5) is 0 Å². The van der Waals surface area contributed by atoms with E-state index in [4.69, 9.17) is 0 Å². The van der Waals surface area contributed by atoms with Gasteiger partial charge in [0.2, 0.25) is 0 Å². The maximum Gasteiger partial charge on any atom is 0.142 e. The monoisotopic (exact) mass is 236 g/mol. The average Bonchev–Trinajstić information content (AvgIpc) is 2.33. The van der Waals surface area contributed by atoms with Crippen LogP contribution in [0.25, 0.3) is 0 Å². The lowest BCUT2D eigenvalue weighted by molar-refractivity contribution is 0.499. The first-order valence-electron chi connectivity index (χ1n) is 8.38. The SMILES string of the molecule is CCB(CC)C1CCCCCCCCCCC1. The van der Waals surface area contributed by atoms with E-state index in [0.717, 1.165) is 12.5 Å². The zero-order chi connectivity index (χ0) is 12.3. The van der Waals surface area contributed by atoms with E-state index in [2.05, 4.69) is 13.8 Å². The van der Waals surface area contributed by atoms with Crippen LogP contribution in [0.5, 0.6) is 0 Å². The summed E-state index contributed by atoms with van der Waals surface area (Å²) in [6.45, 7) is 5.80. The van der Waals surface area contributed by atoms with Crippen molar-refractivity contribution in [1.29, 1.82) is 0 Å². The predicted molar refractivity (Wildman–Crippen MR) is 81.3 cm³/mol. The minimum Gasteiger partial charge on any atom is -0.0768 e. The van der Waals surface area contributed by atoms with Crippen molar-refractivity contribution in [3.8, 4) is 0 Å². The van der Waals surface area contributed by atoms with Crippen LogP contribution >= 0.6 is 0 Å². The summed E-state index contributed by atoms with van der Waals surface area (Å²) in [5.74, 6) is 1.05. The van der Waals surface area contributed by atoms with Gasteiger partial charge in [-0.3, -0.25) is 0 Å². The van der Waals surface area contributed by atoms with Crippen molar-refractivity contribution < 1.29 is 0 Å². The van der Waals surface area contributed by atoms with Crippen LogP contribution in [0.3, 0.4) is 0 Å². The van der Waals surface area contributed by atoms with Crippen LogP contribution in [-0.4, -0.2) is 6.71 Å². The van der Waals surface area contributed by atoms with Crippen LogP contribution in [0.2, 0.25) is 18.5 Å². The average molecular weight is 236 g/mol. The Bertz CT molecular complexity index is 151. The van der Waals surface area contributed by atoms with Crippen molar-refractivity contribution in [3.05, 3.63) is 0 Å². The van der Waals surface area contributed by atoms with Gasteiger partial charge in [-0.25, -0.2) is 0 Å². The molecule has 1 aliphatic rings. The molecular formula is C16H33B. The molecule has 0 unspecified atom stereocenters. The smallest absolute Gasteiger partial charge is 0.0768 e. The molecule has 0 saturated heterocycles. The van der Waals surface area contributed by atoms with Crippen molar-refractivity contribution in [3.63, 3.8) is 0 Å². The van der Waals surface area contributed by atoms with Crippen LogP contribution in [0.15, 0.2) is 0 Å². The van der Waals surface area contributed by atoms with Crippen molar-refractivity contribution in [2.45, 2.75) is 103 Å². The van der Waals surface area contributed by atoms with E-state index in [9.17, 15) is 0 Å². The molecule has 0 heterocycles. The minimum atomic E-state index is 1.01. The van der Waals surface area contributed by atoms with Crippen molar-refractivity contribution in [1.82, 2.24) is 0 Å². The number of hydrogen-bond donors (Lipinski definition) is 0. The third-order valence-corrected chi connectivity index (χ3v) is 4.87. The predicted octanol–water partition coefficient (Wildman–Crippen LogP) is 6.20. The first-order chi connectivity index (χ1) is 8.38. The standard InChI is InChI=1S/C16H33B/c1-3-17(4-2)16-14-12-10-8-6-5-7-9-11-13-15-16/h16H,3-15H2,1-2H3. The molecule has 0 aromatic heterocycles. The molecule has 0 atom stereocenters. The van der Waals surface area contributed by atoms with Crippen molar-refractivity contribution >= 4 is 6.71 Å². The fourth-order valence-corrected chi connectivity index (χ4v) is 3.62. The van der Waals surface area contributed by atoms with Gasteiger partial charge in [0.05, 0.1) is 0 Å². The van der Waals surface area contributed by atoms with Crippen LogP contribution < -0.4 is 0 Å². The fraction of sp³-hybridized carbons (Fsp3) is 1.00. The van der Waals surface area contributed by atoms with E-state index in [1.807, 2.05) is 0 Å². The molecule has 1 heteroatoms. The summed E-state index contributed by atoms with van der Waals surface area (Å²) in [4.78, 5) is 0. The van der Waals surface area contributed by atoms with Gasteiger partial charge in [-0.2, -0.15) is 0 Å². The Balaban J connectivity index is 2.36. The molecule has 100 valence electrons. The largest absolute Gasteiger partial charge is 0.142 e. The fourth-order valence-electron chi connectivity index (χ4n) is 3.62. The molecule has 1 fully saturated rings. The van der Waals surface area contributed by atoms with E-state index in [-0.39, 0.29) is 0 Å². The van der Waals surface area contributed by atoms with Crippen LogP contribution in [0.1, 0.15) is 84.5 Å². The molecular weight excluding hydrogens is 203 g/mol. The Morgan fingerprint density at radius 2 is 1.00 bits per heavy atom. The lowest BCUT2D eigenvalue weighted by atomic mass is 9.36. The summed E-state index contributed by atoms with van der Waals surface area (Å²) >= 11 is 0. The Morgan fingerprint density at radius 1 is 0.647 bits per heavy atom. The Kier molecular flexibility index (Phi) is 8.92. The molecule has 17 heavy (non-hydrogen) atoms. The second-order valence-corrected chi connectivity index (χ2v) is 6.10. The van der Waals surface area contributed by atoms with Gasteiger partial charge >= 0.3 is 0 Å². The highest BCUT2D eigenvalue weighted by atomic mass is 14.1. The summed E-state index contributed by atoms with van der Waals surface area (Å²) in [6, 6.07) is 0. The van der Waals surface area contributed by atoms with Gasteiger partial charge in [0.25, 0.3) is 0 Å². The Hall–Kier alpha value is 0.0649. The van der Waals surface area contributed by atoms with Gasteiger partial charge < -0.3 is 0 Å². The summed E-state index contributed by atoms with van der Waals surface area (Å²) < 4.78 is 0. The highest BCUT2D eigenvalue weighted by molar-refractivity contribution is 6.60. The molecule has 0 aliphatic heterocycles. The summed E-state index contributed by atoms with van der Waals surface area (Å²) in [7, 11) is 0. The Labute approximate surface area is 110 Å². The van der Waals surface area contributed by atoms with E-state index in [1.54, 1.807) is 0 Å². The molecule has 0 aromatic rings. The highest BCUT2D eigenvalue weighted by Gasteiger charge is 2.21. The summed E-state index contributed by atoms with van der Waals surface area (Å²) in [5.41, 5.74) is 0. The van der Waals surface area contributed by atoms with Gasteiger partial charge in [-0.1, -0.05) is 103 Å².